The van der Waals surface area contributed by atoms with Crippen LogP contribution >= 0.6 is 0 Å². The number of rotatable bonds is 7. The van der Waals surface area contributed by atoms with Crippen molar-refractivity contribution in [3.05, 3.63) is 71.3 Å². The highest BCUT2D eigenvalue weighted by Crippen LogP contribution is 2.27. The number of carbonyl (C=O) groups is 3. The van der Waals surface area contributed by atoms with Gasteiger partial charge in [0.15, 0.2) is 0 Å². The van der Waals surface area contributed by atoms with E-state index in [1.54, 1.807) is 24.3 Å². The summed E-state index contributed by atoms with van der Waals surface area (Å²) in [5, 5.41) is 2.96. The Morgan fingerprint density at radius 2 is 1.45 bits per heavy atom. The fraction of sp³-hybridized carbons (Fsp3) is 0.348. The van der Waals surface area contributed by atoms with Crippen LogP contribution in [0, 0.1) is 5.92 Å². The monoisotopic (exact) mass is 393 g/mol. The van der Waals surface area contributed by atoms with Crippen LogP contribution in [0.25, 0.3) is 0 Å². The molecule has 2 aromatic carbocycles. The van der Waals surface area contributed by atoms with Crippen LogP contribution in [-0.4, -0.2) is 54.2 Å². The van der Waals surface area contributed by atoms with Crippen molar-refractivity contribution in [1.82, 2.24) is 15.1 Å². The van der Waals surface area contributed by atoms with Crippen molar-refractivity contribution in [2.24, 2.45) is 5.92 Å². The van der Waals surface area contributed by atoms with Crippen LogP contribution in [0.1, 0.15) is 46.2 Å². The van der Waals surface area contributed by atoms with Gasteiger partial charge in [-0.05, 0) is 37.7 Å². The van der Waals surface area contributed by atoms with Gasteiger partial charge < -0.3 is 10.2 Å². The Morgan fingerprint density at radius 3 is 1.93 bits per heavy atom. The first kappa shape index (κ1) is 20.7. The van der Waals surface area contributed by atoms with Gasteiger partial charge in [-0.25, -0.2) is 0 Å². The molecule has 1 heterocycles. The van der Waals surface area contributed by atoms with Crippen LogP contribution in [0.3, 0.4) is 0 Å². The molecule has 2 atom stereocenters. The van der Waals surface area contributed by atoms with E-state index in [0.29, 0.717) is 17.7 Å². The largest absolute Gasteiger partial charge is 0.352 e. The van der Waals surface area contributed by atoms with Gasteiger partial charge in [0, 0.05) is 6.54 Å². The minimum Gasteiger partial charge on any atom is -0.352 e. The molecule has 0 radical (unpaired) electrons. The van der Waals surface area contributed by atoms with Gasteiger partial charge in [0.25, 0.3) is 11.8 Å². The van der Waals surface area contributed by atoms with E-state index in [1.165, 1.54) is 0 Å². The molecular weight excluding hydrogens is 366 g/mol. The van der Waals surface area contributed by atoms with Crippen molar-refractivity contribution in [2.45, 2.75) is 25.9 Å². The molecule has 2 aromatic rings. The summed E-state index contributed by atoms with van der Waals surface area (Å²) < 4.78 is 0. The van der Waals surface area contributed by atoms with E-state index < -0.39 is 17.9 Å². The Labute approximate surface area is 171 Å². The second kappa shape index (κ2) is 8.57. The number of amides is 3. The number of hydrogen-bond donors (Lipinski definition) is 1. The van der Waals surface area contributed by atoms with Crippen molar-refractivity contribution in [3.63, 3.8) is 0 Å². The van der Waals surface area contributed by atoms with Crippen LogP contribution in [0.15, 0.2) is 54.6 Å². The molecule has 152 valence electrons. The number of hydrogen-bond acceptors (Lipinski definition) is 4. The first-order chi connectivity index (χ1) is 13.8. The number of nitrogens with one attached hydrogen (secondary N) is 1. The lowest BCUT2D eigenvalue weighted by Gasteiger charge is -2.30. The van der Waals surface area contributed by atoms with Gasteiger partial charge in [-0.3, -0.25) is 19.3 Å². The molecule has 1 N–H and O–H groups in total. The molecule has 0 aromatic heterocycles. The Balaban J connectivity index is 1.79. The molecule has 0 spiro atoms. The highest BCUT2D eigenvalue weighted by Gasteiger charge is 2.43. The Bertz CT molecular complexity index is 874. The Kier molecular flexibility index (Phi) is 6.13. The minimum atomic E-state index is -0.860. The van der Waals surface area contributed by atoms with E-state index in [0.717, 1.165) is 10.5 Å². The molecule has 29 heavy (non-hydrogen) atoms. The van der Waals surface area contributed by atoms with E-state index in [2.05, 4.69) is 5.32 Å². The summed E-state index contributed by atoms with van der Waals surface area (Å²) in [6.45, 7) is 4.06. The van der Waals surface area contributed by atoms with Crippen LogP contribution < -0.4 is 5.32 Å². The SMILES string of the molecule is CC(C)[C@@H](C(=O)NC[C@@H](c1ccccc1)N(C)C)N1C(=O)c2ccccc2C1=O. The average Bonchev–Trinajstić information content (AvgIpc) is 2.94. The molecule has 1 aliphatic rings. The molecule has 0 saturated heterocycles. The maximum Gasteiger partial charge on any atom is 0.262 e. The molecular formula is C23H27N3O3. The van der Waals surface area contributed by atoms with Gasteiger partial charge in [-0.1, -0.05) is 56.3 Å². The van der Waals surface area contributed by atoms with E-state index in [4.69, 9.17) is 0 Å². The topological polar surface area (TPSA) is 69.7 Å². The summed E-state index contributed by atoms with van der Waals surface area (Å²) in [5.41, 5.74) is 1.79. The summed E-state index contributed by atoms with van der Waals surface area (Å²) in [6, 6.07) is 15.7. The Hall–Kier alpha value is -2.99. The first-order valence-corrected chi connectivity index (χ1v) is 9.79. The average molecular weight is 393 g/mol. The van der Waals surface area contributed by atoms with Crippen molar-refractivity contribution < 1.29 is 14.4 Å². The maximum atomic E-state index is 13.1. The zero-order chi connectivity index (χ0) is 21.1. The minimum absolute atomic E-state index is 0.0184. The molecule has 3 rings (SSSR count). The fourth-order valence-corrected chi connectivity index (χ4v) is 3.75. The van der Waals surface area contributed by atoms with Gasteiger partial charge in [-0.2, -0.15) is 0 Å². The second-order valence-electron chi connectivity index (χ2n) is 7.85. The predicted molar refractivity (Wildman–Crippen MR) is 111 cm³/mol. The van der Waals surface area contributed by atoms with E-state index in [-0.39, 0.29) is 17.9 Å². The number of likely N-dealkylation sites (N-methyl/N-ethyl adjacent to an activating group) is 1. The smallest absolute Gasteiger partial charge is 0.262 e. The van der Waals surface area contributed by atoms with E-state index in [1.807, 2.05) is 63.2 Å². The molecule has 0 saturated carbocycles. The normalized spacial score (nSPS) is 15.6. The number of fused-ring (bicyclic) bond motifs is 1. The van der Waals surface area contributed by atoms with Crippen LogP contribution in [0.5, 0.6) is 0 Å². The number of benzene rings is 2. The van der Waals surface area contributed by atoms with Gasteiger partial charge in [0.2, 0.25) is 5.91 Å². The lowest BCUT2D eigenvalue weighted by atomic mass is 10.0. The lowest BCUT2D eigenvalue weighted by Crippen LogP contribution is -2.53. The first-order valence-electron chi connectivity index (χ1n) is 9.79. The van der Waals surface area contributed by atoms with Gasteiger partial charge in [0.05, 0.1) is 17.2 Å². The second-order valence-corrected chi connectivity index (χ2v) is 7.85. The maximum absolute atomic E-state index is 13.1. The number of imide groups is 1. The number of carbonyl (C=O) groups excluding carboxylic acids is 3. The fourth-order valence-electron chi connectivity index (χ4n) is 3.75. The highest BCUT2D eigenvalue weighted by atomic mass is 16.2. The quantitative estimate of drug-likeness (QED) is 0.735. The van der Waals surface area contributed by atoms with E-state index in [9.17, 15) is 14.4 Å². The van der Waals surface area contributed by atoms with Crippen LogP contribution in [0.2, 0.25) is 0 Å². The number of nitrogens with zero attached hydrogens (tertiary/aromatic N) is 2. The van der Waals surface area contributed by atoms with Crippen molar-refractivity contribution in [2.75, 3.05) is 20.6 Å². The summed E-state index contributed by atoms with van der Waals surface area (Å²) in [4.78, 5) is 41.9. The van der Waals surface area contributed by atoms with Crippen molar-refractivity contribution in [3.8, 4) is 0 Å². The third-order valence-corrected chi connectivity index (χ3v) is 5.28. The highest BCUT2D eigenvalue weighted by molar-refractivity contribution is 6.22. The van der Waals surface area contributed by atoms with Crippen LogP contribution in [0.4, 0.5) is 0 Å². The third kappa shape index (κ3) is 4.07. The van der Waals surface area contributed by atoms with Crippen LogP contribution in [-0.2, 0) is 4.79 Å². The summed E-state index contributed by atoms with van der Waals surface area (Å²) in [5.74, 6) is -1.36. The van der Waals surface area contributed by atoms with E-state index >= 15 is 0 Å². The molecule has 0 aliphatic carbocycles. The summed E-state index contributed by atoms with van der Waals surface area (Å²) in [7, 11) is 3.90. The molecule has 3 amide bonds. The molecule has 1 aliphatic heterocycles. The molecule has 6 heteroatoms. The molecule has 6 nitrogen and oxygen atoms in total. The van der Waals surface area contributed by atoms with Gasteiger partial charge in [-0.15, -0.1) is 0 Å². The van der Waals surface area contributed by atoms with Crippen molar-refractivity contribution in [1.29, 1.82) is 0 Å². The molecule has 0 fully saturated rings. The lowest BCUT2D eigenvalue weighted by molar-refractivity contribution is -0.126. The zero-order valence-corrected chi connectivity index (χ0v) is 17.3. The zero-order valence-electron chi connectivity index (χ0n) is 17.3. The Morgan fingerprint density at radius 1 is 0.931 bits per heavy atom. The molecule has 0 bridgehead atoms. The van der Waals surface area contributed by atoms with Crippen molar-refractivity contribution >= 4 is 17.7 Å². The van der Waals surface area contributed by atoms with Gasteiger partial charge >= 0.3 is 0 Å². The summed E-state index contributed by atoms with van der Waals surface area (Å²) >= 11 is 0. The summed E-state index contributed by atoms with van der Waals surface area (Å²) in [6.07, 6.45) is 0. The van der Waals surface area contributed by atoms with Gasteiger partial charge in [0.1, 0.15) is 6.04 Å². The third-order valence-electron chi connectivity index (χ3n) is 5.28. The molecule has 0 unspecified atom stereocenters. The standard InChI is InChI=1S/C23H27N3O3/c1-15(2)20(26-22(28)17-12-8-9-13-18(17)23(26)29)21(27)24-14-19(25(3)4)16-10-6-5-7-11-16/h5-13,15,19-20H,14H2,1-4H3,(H,24,27)/t19-,20-/m0/s1. The predicted octanol–water partition coefficient (Wildman–Crippen LogP) is 2.73.